The molecule has 68 valence electrons. The highest BCUT2D eigenvalue weighted by Gasteiger charge is 2.19. The van der Waals surface area contributed by atoms with Gasteiger partial charge in [0.05, 0.1) is 19.3 Å². The molecule has 0 fully saturated rings. The molecular formula is C10H10O3. The van der Waals surface area contributed by atoms with Crippen LogP contribution in [0.15, 0.2) is 12.1 Å². The summed E-state index contributed by atoms with van der Waals surface area (Å²) < 4.78 is 10.5. The summed E-state index contributed by atoms with van der Waals surface area (Å²) in [5, 5.41) is 0. The van der Waals surface area contributed by atoms with Crippen molar-refractivity contribution in [1.82, 2.24) is 0 Å². The molecule has 0 N–H and O–H groups in total. The summed E-state index contributed by atoms with van der Waals surface area (Å²) in [6.07, 6.45) is 1.67. The Morgan fingerprint density at radius 2 is 2.38 bits per heavy atom. The van der Waals surface area contributed by atoms with E-state index in [0.717, 1.165) is 24.0 Å². The van der Waals surface area contributed by atoms with Crippen LogP contribution in [0, 0.1) is 0 Å². The number of rotatable bonds is 2. The molecule has 0 amide bonds. The average Bonchev–Trinajstić information content (AvgIpc) is 2.63. The Hall–Kier alpha value is -1.51. The first-order valence-electron chi connectivity index (χ1n) is 4.14. The zero-order valence-corrected chi connectivity index (χ0v) is 7.37. The van der Waals surface area contributed by atoms with Gasteiger partial charge in [0.25, 0.3) is 0 Å². The maximum atomic E-state index is 10.7. The Balaban J connectivity index is 2.59. The minimum absolute atomic E-state index is 0.545. The lowest BCUT2D eigenvalue weighted by atomic mass is 10.1. The Labute approximate surface area is 76.3 Å². The molecule has 1 heterocycles. The number of methoxy groups -OCH3 is 1. The van der Waals surface area contributed by atoms with Crippen LogP contribution in [0.5, 0.6) is 11.5 Å². The van der Waals surface area contributed by atoms with Gasteiger partial charge in [-0.15, -0.1) is 0 Å². The summed E-state index contributed by atoms with van der Waals surface area (Å²) in [5.41, 5.74) is 1.66. The van der Waals surface area contributed by atoms with E-state index in [9.17, 15) is 4.79 Å². The fourth-order valence-corrected chi connectivity index (χ4v) is 1.54. The van der Waals surface area contributed by atoms with Gasteiger partial charge in [0.2, 0.25) is 0 Å². The van der Waals surface area contributed by atoms with Gasteiger partial charge in [-0.25, -0.2) is 0 Å². The van der Waals surface area contributed by atoms with Crippen LogP contribution in [-0.2, 0) is 6.42 Å². The van der Waals surface area contributed by atoms with Gasteiger partial charge in [-0.3, -0.25) is 4.79 Å². The van der Waals surface area contributed by atoms with E-state index in [4.69, 9.17) is 9.47 Å². The van der Waals surface area contributed by atoms with Gasteiger partial charge in [0.15, 0.2) is 17.8 Å². The van der Waals surface area contributed by atoms with Gasteiger partial charge in [-0.1, -0.05) is 6.07 Å². The number of fused-ring (bicyclic) bond motifs is 1. The van der Waals surface area contributed by atoms with Crippen LogP contribution >= 0.6 is 0 Å². The Kier molecular flexibility index (Phi) is 1.93. The Bertz CT molecular complexity index is 344. The van der Waals surface area contributed by atoms with Crippen molar-refractivity contribution in [2.75, 3.05) is 13.7 Å². The number of carbonyl (C=O) groups is 1. The second-order valence-corrected chi connectivity index (χ2v) is 2.89. The maximum Gasteiger partial charge on any atom is 0.171 e. The smallest absolute Gasteiger partial charge is 0.171 e. The van der Waals surface area contributed by atoms with E-state index in [-0.39, 0.29) is 0 Å². The van der Waals surface area contributed by atoms with Crippen molar-refractivity contribution < 1.29 is 14.3 Å². The number of carbonyl (C=O) groups excluding carboxylic acids is 1. The summed E-state index contributed by atoms with van der Waals surface area (Å²) in [6, 6.07) is 3.67. The summed E-state index contributed by atoms with van der Waals surface area (Å²) >= 11 is 0. The van der Waals surface area contributed by atoms with Gasteiger partial charge in [-0.2, -0.15) is 0 Å². The molecule has 0 aliphatic carbocycles. The number of hydrogen-bond donors (Lipinski definition) is 0. The molecule has 0 saturated heterocycles. The lowest BCUT2D eigenvalue weighted by molar-refractivity contribution is 0.112. The van der Waals surface area contributed by atoms with E-state index in [2.05, 4.69) is 0 Å². The molecule has 1 aromatic rings. The molecule has 1 aromatic carbocycles. The lowest BCUT2D eigenvalue weighted by Crippen LogP contribution is -1.94. The summed E-state index contributed by atoms with van der Waals surface area (Å²) in [7, 11) is 1.55. The second-order valence-electron chi connectivity index (χ2n) is 2.89. The van der Waals surface area contributed by atoms with Gasteiger partial charge in [0, 0.05) is 12.0 Å². The van der Waals surface area contributed by atoms with Crippen molar-refractivity contribution >= 4 is 6.29 Å². The predicted octanol–water partition coefficient (Wildman–Crippen LogP) is 1.44. The van der Waals surface area contributed by atoms with Crippen molar-refractivity contribution in [3.8, 4) is 11.5 Å². The van der Waals surface area contributed by atoms with Crippen LogP contribution in [-0.4, -0.2) is 20.0 Å². The average molecular weight is 178 g/mol. The molecule has 0 aromatic heterocycles. The first-order valence-corrected chi connectivity index (χ1v) is 4.14. The van der Waals surface area contributed by atoms with Crippen molar-refractivity contribution in [2.24, 2.45) is 0 Å². The third kappa shape index (κ3) is 1.16. The zero-order valence-electron chi connectivity index (χ0n) is 7.37. The molecule has 3 nitrogen and oxygen atoms in total. The van der Waals surface area contributed by atoms with Gasteiger partial charge in [0.1, 0.15) is 0 Å². The highest BCUT2D eigenvalue weighted by atomic mass is 16.5. The third-order valence-electron chi connectivity index (χ3n) is 2.17. The molecule has 0 unspecified atom stereocenters. The first kappa shape index (κ1) is 8.10. The topological polar surface area (TPSA) is 35.5 Å². The summed E-state index contributed by atoms with van der Waals surface area (Å²) in [5.74, 6) is 1.29. The largest absolute Gasteiger partial charge is 0.492 e. The van der Waals surface area contributed by atoms with E-state index in [1.54, 1.807) is 13.2 Å². The van der Waals surface area contributed by atoms with Crippen LogP contribution in [0.4, 0.5) is 0 Å². The highest BCUT2D eigenvalue weighted by molar-refractivity contribution is 5.82. The van der Waals surface area contributed by atoms with E-state index < -0.39 is 0 Å². The van der Waals surface area contributed by atoms with Gasteiger partial charge >= 0.3 is 0 Å². The molecule has 0 bridgehead atoms. The lowest BCUT2D eigenvalue weighted by Gasteiger charge is -2.08. The van der Waals surface area contributed by atoms with Crippen LogP contribution in [0.25, 0.3) is 0 Å². The summed E-state index contributed by atoms with van der Waals surface area (Å²) in [6.45, 7) is 0.675. The van der Waals surface area contributed by atoms with E-state index >= 15 is 0 Å². The fraction of sp³-hybridized carbons (Fsp3) is 0.300. The molecule has 0 atom stereocenters. The Morgan fingerprint density at radius 3 is 3.08 bits per heavy atom. The summed E-state index contributed by atoms with van der Waals surface area (Å²) in [4.78, 5) is 10.7. The minimum Gasteiger partial charge on any atom is -0.492 e. The van der Waals surface area contributed by atoms with Crippen LogP contribution in [0.3, 0.4) is 0 Å². The molecular weight excluding hydrogens is 168 g/mol. The molecule has 13 heavy (non-hydrogen) atoms. The number of ether oxygens (including phenoxy) is 2. The SMILES string of the molecule is COc1c(C=O)ccc2c1OCC2. The molecule has 2 rings (SSSR count). The quantitative estimate of drug-likeness (QED) is 0.643. The highest BCUT2D eigenvalue weighted by Crippen LogP contribution is 2.37. The van der Waals surface area contributed by atoms with E-state index in [0.29, 0.717) is 17.9 Å². The second kappa shape index (κ2) is 3.09. The predicted molar refractivity (Wildman–Crippen MR) is 47.6 cm³/mol. The molecule has 0 spiro atoms. The number of benzene rings is 1. The monoisotopic (exact) mass is 178 g/mol. The Morgan fingerprint density at radius 1 is 1.54 bits per heavy atom. The van der Waals surface area contributed by atoms with Gasteiger partial charge < -0.3 is 9.47 Å². The van der Waals surface area contributed by atoms with Crippen molar-refractivity contribution in [3.05, 3.63) is 23.3 Å². The first-order chi connectivity index (χ1) is 6.36. The molecule has 3 heteroatoms. The van der Waals surface area contributed by atoms with Crippen molar-refractivity contribution in [1.29, 1.82) is 0 Å². The minimum atomic E-state index is 0.545. The molecule has 0 radical (unpaired) electrons. The fourth-order valence-electron chi connectivity index (χ4n) is 1.54. The standard InChI is InChI=1S/C10H10O3/c1-12-9-8(6-11)3-2-7-4-5-13-10(7)9/h2-3,6H,4-5H2,1H3. The van der Waals surface area contributed by atoms with E-state index in [1.807, 2.05) is 6.07 Å². The molecule has 0 saturated carbocycles. The maximum absolute atomic E-state index is 10.7. The normalized spacial score (nSPS) is 13.3. The zero-order chi connectivity index (χ0) is 9.26. The third-order valence-corrected chi connectivity index (χ3v) is 2.17. The van der Waals surface area contributed by atoms with E-state index in [1.165, 1.54) is 0 Å². The number of hydrogen-bond acceptors (Lipinski definition) is 3. The molecule has 1 aliphatic rings. The molecule has 1 aliphatic heterocycles. The van der Waals surface area contributed by atoms with Crippen molar-refractivity contribution in [2.45, 2.75) is 6.42 Å². The van der Waals surface area contributed by atoms with Gasteiger partial charge in [-0.05, 0) is 6.07 Å². The number of aldehydes is 1. The van der Waals surface area contributed by atoms with Crippen LogP contribution in [0.2, 0.25) is 0 Å². The van der Waals surface area contributed by atoms with Crippen LogP contribution < -0.4 is 9.47 Å². The van der Waals surface area contributed by atoms with Crippen molar-refractivity contribution in [3.63, 3.8) is 0 Å². The van der Waals surface area contributed by atoms with Crippen LogP contribution in [0.1, 0.15) is 15.9 Å².